The molecule has 0 bridgehead atoms. The Kier molecular flexibility index (Phi) is 4.08. The van der Waals surface area contributed by atoms with Crippen LogP contribution in [0.15, 0.2) is 12.1 Å². The quantitative estimate of drug-likeness (QED) is 0.674. The van der Waals surface area contributed by atoms with E-state index in [0.29, 0.717) is 22.9 Å². The Labute approximate surface area is 124 Å². The minimum absolute atomic E-state index is 0.0188. The topological polar surface area (TPSA) is 63.8 Å². The third-order valence-corrected chi connectivity index (χ3v) is 3.15. The lowest BCUT2D eigenvalue weighted by molar-refractivity contribution is 0.498. The molecule has 0 fully saturated rings. The van der Waals surface area contributed by atoms with Gasteiger partial charge in [0.15, 0.2) is 17.5 Å². The van der Waals surface area contributed by atoms with Crippen molar-refractivity contribution in [3.8, 4) is 0 Å². The molecular formula is C13H11F3N4S. The number of nitrogens with two attached hydrogens (primary N) is 1. The number of nitrogens with one attached hydrogen (secondary N) is 1. The highest BCUT2D eigenvalue weighted by atomic mass is 32.1. The van der Waals surface area contributed by atoms with E-state index in [2.05, 4.69) is 15.5 Å². The second-order valence-corrected chi connectivity index (χ2v) is 4.81. The summed E-state index contributed by atoms with van der Waals surface area (Å²) in [6.45, 7) is 3.42. The van der Waals surface area contributed by atoms with Gasteiger partial charge in [-0.1, -0.05) is 12.2 Å². The van der Waals surface area contributed by atoms with Crippen LogP contribution in [0.25, 0.3) is 0 Å². The smallest absolute Gasteiger partial charge is 0.182 e. The van der Waals surface area contributed by atoms with E-state index in [9.17, 15) is 13.2 Å². The van der Waals surface area contributed by atoms with Crippen LogP contribution in [0.1, 0.15) is 16.8 Å². The number of hydrogen-bond donors (Lipinski definition) is 2. The number of benzene rings is 1. The summed E-state index contributed by atoms with van der Waals surface area (Å²) in [5.41, 5.74) is 6.79. The fraction of sp³-hybridized carbons (Fsp3) is 0.154. The van der Waals surface area contributed by atoms with Crippen LogP contribution >= 0.6 is 12.2 Å². The zero-order valence-corrected chi connectivity index (χ0v) is 12.0. The molecule has 0 saturated heterocycles. The van der Waals surface area contributed by atoms with E-state index >= 15 is 0 Å². The number of aromatic nitrogens is 2. The molecule has 2 rings (SSSR count). The molecule has 0 radical (unpaired) electrons. The molecule has 8 heteroatoms. The number of aryl methyl sites for hydroxylation is 1. The Morgan fingerprint density at radius 1 is 1.19 bits per heavy atom. The first-order valence-corrected chi connectivity index (χ1v) is 6.27. The fourth-order valence-corrected chi connectivity index (χ4v) is 2.02. The van der Waals surface area contributed by atoms with Crippen LogP contribution in [-0.4, -0.2) is 15.2 Å². The zero-order chi connectivity index (χ0) is 15.7. The maximum atomic E-state index is 13.7. The standard InChI is InChI=1S/C13H11F3N4S/c1-5-6(2)19-20-13(10(5)12(17)21)18-9-4-7(14)3-8(15)11(9)16/h3-4H,1-2H3,(H2,17,21)(H,18,20). The van der Waals surface area contributed by atoms with E-state index in [1.54, 1.807) is 13.8 Å². The number of hydrogen-bond acceptors (Lipinski definition) is 4. The van der Waals surface area contributed by atoms with Crippen molar-refractivity contribution in [2.75, 3.05) is 5.32 Å². The lowest BCUT2D eigenvalue weighted by atomic mass is 10.1. The summed E-state index contributed by atoms with van der Waals surface area (Å²) in [5.74, 6) is -3.43. The Morgan fingerprint density at radius 2 is 1.86 bits per heavy atom. The number of anilines is 2. The van der Waals surface area contributed by atoms with Gasteiger partial charge in [-0.15, -0.1) is 5.10 Å². The minimum atomic E-state index is -1.31. The molecule has 0 saturated carbocycles. The second-order valence-electron chi connectivity index (χ2n) is 4.37. The molecule has 3 N–H and O–H groups in total. The van der Waals surface area contributed by atoms with Gasteiger partial charge < -0.3 is 11.1 Å². The lowest BCUT2D eigenvalue weighted by Crippen LogP contribution is -2.17. The van der Waals surface area contributed by atoms with Crippen LogP contribution in [0, 0.1) is 31.3 Å². The summed E-state index contributed by atoms with van der Waals surface area (Å²) in [4.78, 5) is 0.0188. The Morgan fingerprint density at radius 3 is 2.48 bits per heavy atom. The maximum Gasteiger partial charge on any atom is 0.182 e. The molecule has 0 atom stereocenters. The van der Waals surface area contributed by atoms with Gasteiger partial charge in [0.25, 0.3) is 0 Å². The summed E-state index contributed by atoms with van der Waals surface area (Å²) in [7, 11) is 0. The number of halogens is 3. The van der Waals surface area contributed by atoms with Gasteiger partial charge in [0.1, 0.15) is 10.8 Å². The van der Waals surface area contributed by atoms with Crippen molar-refractivity contribution in [1.29, 1.82) is 0 Å². The predicted octanol–water partition coefficient (Wildman–Crippen LogP) is 2.89. The largest absolute Gasteiger partial charge is 0.389 e. The van der Waals surface area contributed by atoms with E-state index in [0.717, 1.165) is 6.07 Å². The van der Waals surface area contributed by atoms with Crippen molar-refractivity contribution in [2.45, 2.75) is 13.8 Å². The molecule has 2 aromatic rings. The van der Waals surface area contributed by atoms with Gasteiger partial charge in [-0.25, -0.2) is 13.2 Å². The van der Waals surface area contributed by atoms with E-state index in [4.69, 9.17) is 18.0 Å². The summed E-state index contributed by atoms with van der Waals surface area (Å²) in [6, 6.07) is 1.25. The van der Waals surface area contributed by atoms with Crippen molar-refractivity contribution < 1.29 is 13.2 Å². The molecule has 110 valence electrons. The van der Waals surface area contributed by atoms with E-state index in [1.165, 1.54) is 0 Å². The first kappa shape index (κ1) is 15.2. The van der Waals surface area contributed by atoms with Gasteiger partial charge in [0.05, 0.1) is 16.9 Å². The third kappa shape index (κ3) is 2.94. The highest BCUT2D eigenvalue weighted by Gasteiger charge is 2.17. The molecule has 0 spiro atoms. The Balaban J connectivity index is 2.55. The van der Waals surface area contributed by atoms with Gasteiger partial charge in [0, 0.05) is 12.1 Å². The van der Waals surface area contributed by atoms with Crippen LogP contribution in [-0.2, 0) is 0 Å². The van der Waals surface area contributed by atoms with Crippen LogP contribution in [0.2, 0.25) is 0 Å². The van der Waals surface area contributed by atoms with E-state index < -0.39 is 23.1 Å². The summed E-state index contributed by atoms with van der Waals surface area (Å²) < 4.78 is 40.0. The van der Waals surface area contributed by atoms with Gasteiger partial charge in [-0.3, -0.25) is 0 Å². The minimum Gasteiger partial charge on any atom is -0.389 e. The highest BCUT2D eigenvalue weighted by molar-refractivity contribution is 7.80. The van der Waals surface area contributed by atoms with Crippen molar-refractivity contribution in [3.05, 3.63) is 46.4 Å². The van der Waals surface area contributed by atoms with Crippen LogP contribution in [0.4, 0.5) is 24.7 Å². The zero-order valence-electron chi connectivity index (χ0n) is 11.2. The maximum absolute atomic E-state index is 13.7. The van der Waals surface area contributed by atoms with E-state index in [-0.39, 0.29) is 10.8 Å². The molecule has 0 aliphatic heterocycles. The first-order chi connectivity index (χ1) is 9.81. The van der Waals surface area contributed by atoms with Crippen molar-refractivity contribution in [1.82, 2.24) is 10.2 Å². The number of thiocarbonyl (C=S) groups is 1. The molecule has 1 heterocycles. The van der Waals surface area contributed by atoms with Crippen molar-refractivity contribution >= 4 is 28.7 Å². The van der Waals surface area contributed by atoms with Crippen molar-refractivity contribution in [2.24, 2.45) is 5.73 Å². The lowest BCUT2D eigenvalue weighted by Gasteiger charge is -2.13. The van der Waals surface area contributed by atoms with Crippen molar-refractivity contribution in [3.63, 3.8) is 0 Å². The van der Waals surface area contributed by atoms with E-state index in [1.807, 2.05) is 0 Å². The Hall–Kier alpha value is -2.22. The molecule has 4 nitrogen and oxygen atoms in total. The second kappa shape index (κ2) is 5.65. The van der Waals surface area contributed by atoms with Gasteiger partial charge in [0.2, 0.25) is 0 Å². The molecule has 1 aromatic carbocycles. The molecule has 0 unspecified atom stereocenters. The van der Waals surface area contributed by atoms with Crippen LogP contribution < -0.4 is 11.1 Å². The molecule has 1 aromatic heterocycles. The molecule has 0 aliphatic carbocycles. The molecule has 0 amide bonds. The van der Waals surface area contributed by atoms with Gasteiger partial charge in [-0.05, 0) is 19.4 Å². The molecule has 0 aliphatic rings. The monoisotopic (exact) mass is 312 g/mol. The van der Waals surface area contributed by atoms with Crippen LogP contribution in [0.5, 0.6) is 0 Å². The SMILES string of the molecule is Cc1nnc(Nc2cc(F)cc(F)c2F)c(C(N)=S)c1C. The third-order valence-electron chi connectivity index (χ3n) is 2.95. The summed E-state index contributed by atoms with van der Waals surface area (Å²) in [6.07, 6.45) is 0. The number of rotatable bonds is 3. The number of nitrogens with zero attached hydrogens (tertiary/aromatic N) is 2. The fourth-order valence-electron chi connectivity index (χ4n) is 1.77. The first-order valence-electron chi connectivity index (χ1n) is 5.86. The predicted molar refractivity (Wildman–Crippen MR) is 77.0 cm³/mol. The van der Waals surface area contributed by atoms with Gasteiger partial charge in [-0.2, -0.15) is 5.10 Å². The summed E-state index contributed by atoms with van der Waals surface area (Å²) in [5, 5.41) is 10.1. The van der Waals surface area contributed by atoms with Crippen LogP contribution in [0.3, 0.4) is 0 Å². The molecular weight excluding hydrogens is 301 g/mol. The normalized spacial score (nSPS) is 10.5. The molecule has 21 heavy (non-hydrogen) atoms. The highest BCUT2D eigenvalue weighted by Crippen LogP contribution is 2.26. The summed E-state index contributed by atoms with van der Waals surface area (Å²) >= 11 is 4.93. The average Bonchev–Trinajstić information content (AvgIpc) is 2.39. The van der Waals surface area contributed by atoms with Gasteiger partial charge >= 0.3 is 0 Å². The average molecular weight is 312 g/mol. The Bertz CT molecular complexity index is 734.